The van der Waals surface area contributed by atoms with Crippen LogP contribution in [0.25, 0.3) is 10.9 Å². The van der Waals surface area contributed by atoms with Crippen molar-refractivity contribution < 1.29 is 19.1 Å². The zero-order valence-electron chi connectivity index (χ0n) is 17.8. The van der Waals surface area contributed by atoms with Crippen molar-refractivity contribution in [2.24, 2.45) is 0 Å². The summed E-state index contributed by atoms with van der Waals surface area (Å²) in [5.41, 5.74) is 7.52. The van der Waals surface area contributed by atoms with Crippen LogP contribution in [0.5, 0.6) is 11.5 Å². The van der Waals surface area contributed by atoms with Crippen molar-refractivity contribution in [2.45, 2.75) is 38.7 Å². The Morgan fingerprint density at radius 3 is 2.45 bits per heavy atom. The summed E-state index contributed by atoms with van der Waals surface area (Å²) < 4.78 is 11.0. The van der Waals surface area contributed by atoms with Crippen LogP contribution >= 0.6 is 0 Å². The van der Waals surface area contributed by atoms with Gasteiger partial charge in [-0.2, -0.15) is 0 Å². The molecule has 0 spiro atoms. The van der Waals surface area contributed by atoms with E-state index in [4.69, 9.17) is 9.47 Å². The monoisotopic (exact) mass is 419 g/mol. The molecule has 2 N–H and O–H groups in total. The molecule has 0 bridgehead atoms. The number of hydrazine groups is 1. The Hall–Kier alpha value is -3.61. The van der Waals surface area contributed by atoms with Crippen LogP contribution in [0.1, 0.15) is 59.0 Å². The lowest BCUT2D eigenvalue weighted by Crippen LogP contribution is -2.41. The predicted molar refractivity (Wildman–Crippen MR) is 117 cm³/mol. The van der Waals surface area contributed by atoms with Crippen LogP contribution in [0.15, 0.2) is 48.5 Å². The summed E-state index contributed by atoms with van der Waals surface area (Å²) in [6.07, 6.45) is 2.15. The molecule has 1 heterocycles. The highest BCUT2D eigenvalue weighted by atomic mass is 16.5. The number of aromatic nitrogens is 1. The summed E-state index contributed by atoms with van der Waals surface area (Å²) in [7, 11) is 1.51. The fourth-order valence-electron chi connectivity index (χ4n) is 3.39. The van der Waals surface area contributed by atoms with Gasteiger partial charge in [0.1, 0.15) is 0 Å². The summed E-state index contributed by atoms with van der Waals surface area (Å²) in [5, 5.41) is 0.746. The number of ether oxygens (including phenoxy) is 2. The van der Waals surface area contributed by atoms with Gasteiger partial charge in [0, 0.05) is 22.6 Å². The second kappa shape index (κ2) is 8.63. The Morgan fingerprint density at radius 1 is 1.00 bits per heavy atom. The van der Waals surface area contributed by atoms with Gasteiger partial charge in [0.2, 0.25) is 0 Å². The number of benzene rings is 2. The van der Waals surface area contributed by atoms with Crippen molar-refractivity contribution in [1.82, 2.24) is 15.8 Å². The van der Waals surface area contributed by atoms with Gasteiger partial charge in [-0.25, -0.2) is 0 Å². The lowest BCUT2D eigenvalue weighted by molar-refractivity contribution is 0.0847. The van der Waals surface area contributed by atoms with Gasteiger partial charge >= 0.3 is 0 Å². The van der Waals surface area contributed by atoms with E-state index >= 15 is 0 Å². The third-order valence-corrected chi connectivity index (χ3v) is 5.05. The largest absolute Gasteiger partial charge is 0.493 e. The number of para-hydroxylation sites is 1. The van der Waals surface area contributed by atoms with Crippen molar-refractivity contribution in [3.05, 3.63) is 65.4 Å². The first-order valence-electron chi connectivity index (χ1n) is 10.3. The second-order valence-corrected chi connectivity index (χ2v) is 7.83. The Labute approximate surface area is 180 Å². The van der Waals surface area contributed by atoms with Gasteiger partial charge in [-0.15, -0.1) is 0 Å². The summed E-state index contributed by atoms with van der Waals surface area (Å²) in [5.74, 6) is 0.560. The van der Waals surface area contributed by atoms with E-state index in [1.54, 1.807) is 18.2 Å². The van der Waals surface area contributed by atoms with Gasteiger partial charge in [0.25, 0.3) is 11.8 Å². The van der Waals surface area contributed by atoms with E-state index in [1.807, 2.05) is 44.2 Å². The minimum atomic E-state index is -0.455. The number of carbonyl (C=O) groups excluding carboxylic acids is 2. The van der Waals surface area contributed by atoms with E-state index in [2.05, 4.69) is 15.8 Å². The Bertz CT molecular complexity index is 1140. The highest BCUT2D eigenvalue weighted by Gasteiger charge is 2.27. The second-order valence-electron chi connectivity index (χ2n) is 7.83. The SMILES string of the molecule is COc1cc(C(=O)NNC(=O)c2cc(C3CC3)nc3ccccc23)ccc1OC(C)C. The van der Waals surface area contributed by atoms with Gasteiger partial charge in [0.05, 0.1) is 24.3 Å². The Kier molecular flexibility index (Phi) is 5.75. The van der Waals surface area contributed by atoms with E-state index in [0.717, 1.165) is 29.4 Å². The van der Waals surface area contributed by atoms with Gasteiger partial charge < -0.3 is 9.47 Å². The highest BCUT2D eigenvalue weighted by Crippen LogP contribution is 2.40. The molecule has 0 unspecified atom stereocenters. The minimum absolute atomic E-state index is 0.0245. The molecule has 7 nitrogen and oxygen atoms in total. The summed E-state index contributed by atoms with van der Waals surface area (Å²) in [4.78, 5) is 30.2. The van der Waals surface area contributed by atoms with E-state index < -0.39 is 5.91 Å². The van der Waals surface area contributed by atoms with E-state index in [-0.39, 0.29) is 12.0 Å². The molecule has 1 aliphatic rings. The molecule has 1 aliphatic carbocycles. The smallest absolute Gasteiger partial charge is 0.270 e. The average molecular weight is 419 g/mol. The number of nitrogens with zero attached hydrogens (tertiary/aromatic N) is 1. The summed E-state index contributed by atoms with van der Waals surface area (Å²) in [6, 6.07) is 14.2. The third-order valence-electron chi connectivity index (χ3n) is 5.05. The average Bonchev–Trinajstić information content (AvgIpc) is 3.62. The van der Waals surface area contributed by atoms with Crippen molar-refractivity contribution in [3.8, 4) is 11.5 Å². The van der Waals surface area contributed by atoms with Crippen molar-refractivity contribution in [1.29, 1.82) is 0 Å². The summed E-state index contributed by atoms with van der Waals surface area (Å²) in [6.45, 7) is 3.82. The van der Waals surface area contributed by atoms with Crippen LogP contribution in [-0.4, -0.2) is 30.0 Å². The number of amides is 2. The molecule has 3 aromatic rings. The van der Waals surface area contributed by atoms with E-state index in [0.29, 0.717) is 28.5 Å². The molecule has 0 radical (unpaired) electrons. The molecule has 2 amide bonds. The predicted octanol–water partition coefficient (Wildman–Crippen LogP) is 3.98. The van der Waals surface area contributed by atoms with Crippen LogP contribution in [0.3, 0.4) is 0 Å². The molecule has 31 heavy (non-hydrogen) atoms. The van der Waals surface area contributed by atoms with Crippen LogP contribution in [0.4, 0.5) is 0 Å². The van der Waals surface area contributed by atoms with Crippen LogP contribution in [-0.2, 0) is 0 Å². The fourth-order valence-corrected chi connectivity index (χ4v) is 3.39. The van der Waals surface area contributed by atoms with E-state index in [9.17, 15) is 9.59 Å². The molecule has 7 heteroatoms. The number of hydrogen-bond donors (Lipinski definition) is 2. The van der Waals surface area contributed by atoms with Crippen molar-refractivity contribution in [2.75, 3.05) is 7.11 Å². The van der Waals surface area contributed by atoms with Gasteiger partial charge in [-0.05, 0) is 57.0 Å². The normalized spacial score (nSPS) is 13.2. The third kappa shape index (κ3) is 4.60. The molecular weight excluding hydrogens is 394 g/mol. The quantitative estimate of drug-likeness (QED) is 0.590. The first-order valence-corrected chi connectivity index (χ1v) is 10.3. The van der Waals surface area contributed by atoms with Gasteiger partial charge in [-0.3, -0.25) is 25.4 Å². The summed E-state index contributed by atoms with van der Waals surface area (Å²) >= 11 is 0. The molecule has 4 rings (SSSR count). The molecular formula is C24H25N3O4. The number of pyridine rings is 1. The van der Waals surface area contributed by atoms with E-state index in [1.165, 1.54) is 7.11 Å². The minimum Gasteiger partial charge on any atom is -0.493 e. The molecule has 2 aromatic carbocycles. The molecule has 0 atom stereocenters. The molecule has 160 valence electrons. The number of rotatable bonds is 6. The number of nitrogens with one attached hydrogen (secondary N) is 2. The number of fused-ring (bicyclic) bond motifs is 1. The van der Waals surface area contributed by atoms with Gasteiger partial charge in [-0.1, -0.05) is 18.2 Å². The first-order chi connectivity index (χ1) is 15.0. The van der Waals surface area contributed by atoms with Crippen molar-refractivity contribution in [3.63, 3.8) is 0 Å². The first kappa shape index (κ1) is 20.7. The maximum atomic E-state index is 12.9. The van der Waals surface area contributed by atoms with Crippen LogP contribution in [0.2, 0.25) is 0 Å². The zero-order valence-corrected chi connectivity index (χ0v) is 17.8. The zero-order chi connectivity index (χ0) is 22.0. The van der Waals surface area contributed by atoms with Gasteiger partial charge in [0.15, 0.2) is 11.5 Å². The van der Waals surface area contributed by atoms with Crippen LogP contribution in [0, 0.1) is 0 Å². The number of hydrogen-bond acceptors (Lipinski definition) is 5. The lowest BCUT2D eigenvalue weighted by Gasteiger charge is -2.15. The van der Waals surface area contributed by atoms with Crippen LogP contribution < -0.4 is 20.3 Å². The molecule has 1 aromatic heterocycles. The topological polar surface area (TPSA) is 89.6 Å². The number of methoxy groups -OCH3 is 1. The fraction of sp³-hybridized carbons (Fsp3) is 0.292. The van der Waals surface area contributed by atoms with Crippen molar-refractivity contribution >= 4 is 22.7 Å². The standard InChI is InChI=1S/C24H25N3O4/c1-14(2)31-21-11-10-16(12-22(21)30-3)23(28)26-27-24(29)18-13-20(15-8-9-15)25-19-7-5-4-6-17(18)19/h4-7,10-15H,8-9H2,1-3H3,(H,26,28)(H,27,29). The molecule has 0 aliphatic heterocycles. The maximum absolute atomic E-state index is 12.9. The maximum Gasteiger partial charge on any atom is 0.270 e. The Balaban J connectivity index is 1.51. The highest BCUT2D eigenvalue weighted by molar-refractivity contribution is 6.07. The molecule has 0 saturated heterocycles. The molecule has 1 fully saturated rings. The lowest BCUT2D eigenvalue weighted by atomic mass is 10.1. The Morgan fingerprint density at radius 2 is 1.74 bits per heavy atom. The molecule has 1 saturated carbocycles. The number of carbonyl (C=O) groups is 2.